The third kappa shape index (κ3) is 2.42. The fraction of sp³-hybridized carbons (Fsp3) is 0.400. The molecule has 0 unspecified atom stereocenters. The van der Waals surface area contributed by atoms with Crippen LogP contribution >= 0.6 is 0 Å². The molecule has 0 radical (unpaired) electrons. The molecule has 4 heterocycles. The van der Waals surface area contributed by atoms with E-state index in [0.29, 0.717) is 5.92 Å². The number of rotatable bonds is 4. The van der Waals surface area contributed by atoms with Gasteiger partial charge in [-0.05, 0) is 12.3 Å². The van der Waals surface area contributed by atoms with Gasteiger partial charge in [0.25, 0.3) is 0 Å². The van der Waals surface area contributed by atoms with Crippen molar-refractivity contribution in [2.24, 2.45) is 5.92 Å². The van der Waals surface area contributed by atoms with E-state index in [1.807, 2.05) is 18.6 Å². The van der Waals surface area contributed by atoms with Crippen LogP contribution in [0.25, 0.3) is 5.65 Å². The molecular formula is C15H18N6. The predicted octanol–water partition coefficient (Wildman–Crippen LogP) is 1.28. The molecule has 21 heavy (non-hydrogen) atoms. The Labute approximate surface area is 122 Å². The van der Waals surface area contributed by atoms with Gasteiger partial charge in [-0.15, -0.1) is 0 Å². The molecule has 3 aromatic heterocycles. The number of aryl methyl sites for hydroxylation is 1. The monoisotopic (exact) mass is 282 g/mol. The van der Waals surface area contributed by atoms with E-state index in [2.05, 4.69) is 35.4 Å². The summed E-state index contributed by atoms with van der Waals surface area (Å²) in [5, 5.41) is 3.56. The van der Waals surface area contributed by atoms with E-state index < -0.39 is 0 Å². The molecule has 1 aliphatic heterocycles. The maximum atomic E-state index is 4.37. The van der Waals surface area contributed by atoms with E-state index in [1.54, 1.807) is 12.4 Å². The molecule has 0 bridgehead atoms. The van der Waals surface area contributed by atoms with E-state index in [9.17, 15) is 0 Å². The van der Waals surface area contributed by atoms with Crippen molar-refractivity contribution in [1.29, 1.82) is 0 Å². The van der Waals surface area contributed by atoms with E-state index in [0.717, 1.165) is 31.7 Å². The van der Waals surface area contributed by atoms with Crippen molar-refractivity contribution in [1.82, 2.24) is 29.2 Å². The highest BCUT2D eigenvalue weighted by Gasteiger charge is 2.18. The zero-order valence-electron chi connectivity index (χ0n) is 11.8. The first-order chi connectivity index (χ1) is 10.4. The number of nitrogens with zero attached hydrogens (tertiary/aromatic N) is 5. The summed E-state index contributed by atoms with van der Waals surface area (Å²) >= 11 is 0. The number of imidazole rings is 2. The minimum absolute atomic E-state index is 0.674. The third-order valence-electron chi connectivity index (χ3n) is 4.17. The summed E-state index contributed by atoms with van der Waals surface area (Å²) in [5.74, 6) is 1.90. The minimum atomic E-state index is 0.674. The van der Waals surface area contributed by atoms with Gasteiger partial charge in [0.2, 0.25) is 0 Å². The van der Waals surface area contributed by atoms with Gasteiger partial charge in [0.05, 0.1) is 18.1 Å². The first-order valence-corrected chi connectivity index (χ1v) is 7.37. The first kappa shape index (κ1) is 12.5. The molecule has 108 valence electrons. The van der Waals surface area contributed by atoms with Gasteiger partial charge in [-0.1, -0.05) is 0 Å². The van der Waals surface area contributed by atoms with Crippen molar-refractivity contribution in [2.75, 3.05) is 6.54 Å². The molecule has 0 aliphatic carbocycles. The second-order valence-electron chi connectivity index (χ2n) is 5.59. The number of hydrogen-bond donors (Lipinski definition) is 1. The fourth-order valence-corrected chi connectivity index (χ4v) is 3.03. The highest BCUT2D eigenvalue weighted by atomic mass is 15.1. The largest absolute Gasteiger partial charge is 0.335 e. The predicted molar refractivity (Wildman–Crippen MR) is 78.7 cm³/mol. The Morgan fingerprint density at radius 3 is 3.19 bits per heavy atom. The van der Waals surface area contributed by atoms with Gasteiger partial charge < -0.3 is 9.88 Å². The topological polar surface area (TPSA) is 60.0 Å². The normalized spacial score (nSPS) is 18.0. The summed E-state index contributed by atoms with van der Waals surface area (Å²) in [6.07, 6.45) is 13.7. The lowest BCUT2D eigenvalue weighted by Gasteiger charge is -2.24. The van der Waals surface area contributed by atoms with Crippen LogP contribution in [0.1, 0.15) is 17.9 Å². The van der Waals surface area contributed by atoms with Gasteiger partial charge >= 0.3 is 0 Å². The molecule has 6 heteroatoms. The van der Waals surface area contributed by atoms with Gasteiger partial charge in [0, 0.05) is 50.8 Å². The maximum absolute atomic E-state index is 4.37. The summed E-state index contributed by atoms with van der Waals surface area (Å²) in [6.45, 7) is 2.92. The summed E-state index contributed by atoms with van der Waals surface area (Å²) < 4.78 is 4.35. The molecule has 0 aromatic carbocycles. The smallest absolute Gasteiger partial charge is 0.155 e. The molecule has 0 saturated carbocycles. The Kier molecular flexibility index (Phi) is 3.16. The van der Waals surface area contributed by atoms with Crippen LogP contribution in [0.3, 0.4) is 0 Å². The molecule has 0 amide bonds. The van der Waals surface area contributed by atoms with Gasteiger partial charge in [-0.25, -0.2) is 9.97 Å². The molecule has 1 N–H and O–H groups in total. The Morgan fingerprint density at radius 2 is 2.19 bits per heavy atom. The quantitative estimate of drug-likeness (QED) is 0.783. The number of hydrogen-bond acceptors (Lipinski definition) is 4. The maximum Gasteiger partial charge on any atom is 0.155 e. The number of aromatic nitrogens is 5. The van der Waals surface area contributed by atoms with E-state index in [1.165, 1.54) is 17.9 Å². The highest BCUT2D eigenvalue weighted by Crippen LogP contribution is 2.18. The fourth-order valence-electron chi connectivity index (χ4n) is 3.03. The van der Waals surface area contributed by atoms with Crippen LogP contribution < -0.4 is 5.32 Å². The lowest BCUT2D eigenvalue weighted by molar-refractivity contribution is 0.347. The average molecular weight is 282 g/mol. The van der Waals surface area contributed by atoms with E-state index in [4.69, 9.17) is 0 Å². The van der Waals surface area contributed by atoms with Crippen LogP contribution in [0.15, 0.2) is 37.2 Å². The minimum Gasteiger partial charge on any atom is -0.335 e. The number of fused-ring (bicyclic) bond motifs is 2. The molecule has 0 saturated heterocycles. The lowest BCUT2D eigenvalue weighted by atomic mass is 9.99. The summed E-state index contributed by atoms with van der Waals surface area (Å²) in [4.78, 5) is 12.8. The molecular weight excluding hydrogens is 264 g/mol. The molecule has 0 fully saturated rings. The SMILES string of the molecule is c1cn2c(CNC[C@H]3CCc4nccn4C3)cnc2cn1. The van der Waals surface area contributed by atoms with Crippen LogP contribution in [0.4, 0.5) is 0 Å². The van der Waals surface area contributed by atoms with Gasteiger partial charge in [-0.3, -0.25) is 9.38 Å². The first-order valence-electron chi connectivity index (χ1n) is 7.37. The van der Waals surface area contributed by atoms with Gasteiger partial charge in [0.1, 0.15) is 5.82 Å². The van der Waals surface area contributed by atoms with Crippen LogP contribution in [0, 0.1) is 5.92 Å². The van der Waals surface area contributed by atoms with Crippen molar-refractivity contribution in [2.45, 2.75) is 25.9 Å². The zero-order valence-corrected chi connectivity index (χ0v) is 11.8. The summed E-state index contributed by atoms with van der Waals surface area (Å²) in [7, 11) is 0. The second kappa shape index (κ2) is 5.29. The van der Waals surface area contributed by atoms with Crippen LogP contribution in [-0.4, -0.2) is 30.5 Å². The van der Waals surface area contributed by atoms with Crippen molar-refractivity contribution in [3.05, 3.63) is 48.7 Å². The van der Waals surface area contributed by atoms with E-state index >= 15 is 0 Å². The Morgan fingerprint density at radius 1 is 1.19 bits per heavy atom. The average Bonchev–Trinajstić information content (AvgIpc) is 3.14. The number of nitrogens with one attached hydrogen (secondary N) is 1. The Hall–Kier alpha value is -2.21. The third-order valence-corrected chi connectivity index (χ3v) is 4.17. The molecule has 1 aliphatic rings. The van der Waals surface area contributed by atoms with Crippen molar-refractivity contribution >= 4 is 5.65 Å². The Balaban J connectivity index is 1.36. The van der Waals surface area contributed by atoms with Gasteiger partial charge in [0.15, 0.2) is 5.65 Å². The summed E-state index contributed by atoms with van der Waals surface area (Å²) in [5.41, 5.74) is 2.07. The van der Waals surface area contributed by atoms with Crippen LogP contribution in [0.2, 0.25) is 0 Å². The van der Waals surface area contributed by atoms with Crippen LogP contribution in [-0.2, 0) is 19.5 Å². The highest BCUT2D eigenvalue weighted by molar-refractivity contribution is 5.36. The van der Waals surface area contributed by atoms with Crippen molar-refractivity contribution in [3.63, 3.8) is 0 Å². The standard InChI is InChI=1S/C15H18N6/c1-2-14-18-4-5-20(14)11-12(1)7-17-8-13-9-19-15-10-16-3-6-21(13)15/h3-6,9-10,12,17H,1-2,7-8,11H2/t12-/m1/s1. The molecule has 3 aromatic rings. The molecule has 4 rings (SSSR count). The molecule has 0 spiro atoms. The van der Waals surface area contributed by atoms with Gasteiger partial charge in [-0.2, -0.15) is 0 Å². The molecule has 6 nitrogen and oxygen atoms in total. The lowest BCUT2D eigenvalue weighted by Crippen LogP contribution is -2.30. The van der Waals surface area contributed by atoms with Crippen LogP contribution in [0.5, 0.6) is 0 Å². The zero-order chi connectivity index (χ0) is 14.1. The summed E-state index contributed by atoms with van der Waals surface area (Å²) in [6, 6.07) is 0. The van der Waals surface area contributed by atoms with E-state index in [-0.39, 0.29) is 0 Å². The van der Waals surface area contributed by atoms with Crippen molar-refractivity contribution in [3.8, 4) is 0 Å². The molecule has 1 atom stereocenters. The second-order valence-corrected chi connectivity index (χ2v) is 5.59. The Bertz CT molecular complexity index is 743. The van der Waals surface area contributed by atoms with Crippen molar-refractivity contribution < 1.29 is 0 Å².